The lowest BCUT2D eigenvalue weighted by molar-refractivity contribution is -0.144. The smallest absolute Gasteiger partial charge is 0.334 e. The number of rotatable bonds is 1. The fourth-order valence-electron chi connectivity index (χ4n) is 2.02. The first-order chi connectivity index (χ1) is 8.54. The molecule has 0 aromatic carbocycles. The topological polar surface area (TPSA) is 59.4 Å². The second-order valence-corrected chi connectivity index (χ2v) is 4.20. The number of aryl methyl sites for hydroxylation is 2. The van der Waals surface area contributed by atoms with Gasteiger partial charge < -0.3 is 4.57 Å². The van der Waals surface area contributed by atoms with Crippen molar-refractivity contribution in [2.45, 2.75) is 32.0 Å². The molecule has 0 spiro atoms. The lowest BCUT2D eigenvalue weighted by Gasteiger charge is -2.11. The summed E-state index contributed by atoms with van der Waals surface area (Å²) in [4.78, 5) is 7.69. The molecule has 0 saturated carbocycles. The van der Waals surface area contributed by atoms with Gasteiger partial charge in [0, 0.05) is 19.2 Å². The normalized spacial score (nSPS) is 15.7. The van der Waals surface area contributed by atoms with Crippen molar-refractivity contribution >= 4 is 0 Å². The van der Waals surface area contributed by atoms with Crippen molar-refractivity contribution in [3.63, 3.8) is 0 Å². The summed E-state index contributed by atoms with van der Waals surface area (Å²) < 4.78 is 39.1. The third-order valence-electron chi connectivity index (χ3n) is 2.89. The SMILES string of the molecule is FC(F)(F)c1nc(-c2cn3c(n2)CCCC3)n[nH]1. The van der Waals surface area contributed by atoms with E-state index in [2.05, 4.69) is 15.1 Å². The second-order valence-electron chi connectivity index (χ2n) is 4.20. The predicted molar refractivity (Wildman–Crippen MR) is 55.5 cm³/mol. The highest BCUT2D eigenvalue weighted by molar-refractivity contribution is 5.47. The van der Waals surface area contributed by atoms with Crippen LogP contribution in [0, 0.1) is 0 Å². The van der Waals surface area contributed by atoms with E-state index in [4.69, 9.17) is 0 Å². The molecule has 2 aromatic rings. The van der Waals surface area contributed by atoms with Crippen molar-refractivity contribution in [1.82, 2.24) is 24.7 Å². The number of nitrogens with one attached hydrogen (secondary N) is 1. The summed E-state index contributed by atoms with van der Waals surface area (Å²) in [6, 6.07) is 0. The quantitative estimate of drug-likeness (QED) is 0.850. The minimum atomic E-state index is -4.51. The molecule has 0 fully saturated rings. The summed E-state index contributed by atoms with van der Waals surface area (Å²) in [6.45, 7) is 0.846. The third-order valence-corrected chi connectivity index (χ3v) is 2.89. The van der Waals surface area contributed by atoms with E-state index in [1.165, 1.54) is 0 Å². The number of aromatic nitrogens is 5. The van der Waals surface area contributed by atoms with Crippen LogP contribution >= 0.6 is 0 Å². The van der Waals surface area contributed by atoms with Gasteiger partial charge in [0.1, 0.15) is 11.5 Å². The molecule has 1 aliphatic heterocycles. The van der Waals surface area contributed by atoms with E-state index in [1.807, 2.05) is 9.67 Å². The molecule has 2 aromatic heterocycles. The highest BCUT2D eigenvalue weighted by Crippen LogP contribution is 2.27. The van der Waals surface area contributed by atoms with E-state index in [-0.39, 0.29) is 5.82 Å². The number of H-pyrrole nitrogens is 1. The van der Waals surface area contributed by atoms with Gasteiger partial charge in [-0.05, 0) is 12.8 Å². The number of aromatic amines is 1. The maximum atomic E-state index is 12.4. The van der Waals surface area contributed by atoms with Crippen LogP contribution in [0.15, 0.2) is 6.20 Å². The highest BCUT2D eigenvalue weighted by atomic mass is 19.4. The van der Waals surface area contributed by atoms with Gasteiger partial charge in [-0.25, -0.2) is 9.97 Å². The Labute approximate surface area is 100 Å². The van der Waals surface area contributed by atoms with Gasteiger partial charge >= 0.3 is 6.18 Å². The van der Waals surface area contributed by atoms with Crippen LogP contribution in [0.4, 0.5) is 13.2 Å². The number of halogens is 3. The minimum Gasteiger partial charge on any atom is -0.334 e. The number of hydrogen-bond acceptors (Lipinski definition) is 3. The van der Waals surface area contributed by atoms with Gasteiger partial charge in [0.2, 0.25) is 11.6 Å². The average molecular weight is 257 g/mol. The largest absolute Gasteiger partial charge is 0.451 e. The van der Waals surface area contributed by atoms with Crippen molar-refractivity contribution in [3.8, 4) is 11.5 Å². The zero-order valence-corrected chi connectivity index (χ0v) is 9.33. The van der Waals surface area contributed by atoms with Crippen LogP contribution in [0.2, 0.25) is 0 Å². The number of hydrogen-bond donors (Lipinski definition) is 1. The van der Waals surface area contributed by atoms with Crippen molar-refractivity contribution in [1.29, 1.82) is 0 Å². The number of imidazole rings is 1. The van der Waals surface area contributed by atoms with Crippen LogP contribution < -0.4 is 0 Å². The van der Waals surface area contributed by atoms with E-state index in [1.54, 1.807) is 6.20 Å². The zero-order chi connectivity index (χ0) is 12.8. The van der Waals surface area contributed by atoms with Gasteiger partial charge in [-0.15, -0.1) is 0 Å². The summed E-state index contributed by atoms with van der Waals surface area (Å²) in [5.41, 5.74) is 0.388. The Morgan fingerprint density at radius 1 is 1.22 bits per heavy atom. The predicted octanol–water partition coefficient (Wildman–Crippen LogP) is 2.02. The van der Waals surface area contributed by atoms with E-state index < -0.39 is 12.0 Å². The van der Waals surface area contributed by atoms with Crippen molar-refractivity contribution in [2.75, 3.05) is 0 Å². The first-order valence-electron chi connectivity index (χ1n) is 5.60. The molecule has 8 heteroatoms. The average Bonchev–Trinajstić information content (AvgIpc) is 2.94. The molecule has 0 unspecified atom stereocenters. The summed E-state index contributed by atoms with van der Waals surface area (Å²) in [7, 11) is 0. The molecule has 18 heavy (non-hydrogen) atoms. The molecule has 0 atom stereocenters. The Balaban J connectivity index is 1.95. The van der Waals surface area contributed by atoms with Crippen LogP contribution in [0.5, 0.6) is 0 Å². The zero-order valence-electron chi connectivity index (χ0n) is 9.33. The highest BCUT2D eigenvalue weighted by Gasteiger charge is 2.35. The number of alkyl halides is 3. The molecule has 1 aliphatic rings. The molecule has 3 rings (SSSR count). The van der Waals surface area contributed by atoms with E-state index >= 15 is 0 Å². The fraction of sp³-hybridized carbons (Fsp3) is 0.500. The standard InChI is InChI=1S/C10H10F3N5/c11-10(12,13)9-15-8(16-17-9)6-5-18-4-2-1-3-7(18)14-6/h5H,1-4H2,(H,15,16,17). The monoisotopic (exact) mass is 257 g/mol. The van der Waals surface area contributed by atoms with Crippen LogP contribution in [0.3, 0.4) is 0 Å². The van der Waals surface area contributed by atoms with Gasteiger partial charge in [0.25, 0.3) is 0 Å². The lowest BCUT2D eigenvalue weighted by Crippen LogP contribution is -2.08. The minimum absolute atomic E-state index is 0.00998. The van der Waals surface area contributed by atoms with Crippen molar-refractivity contribution < 1.29 is 13.2 Å². The van der Waals surface area contributed by atoms with Crippen LogP contribution in [-0.4, -0.2) is 24.7 Å². The summed E-state index contributed by atoms with van der Waals surface area (Å²) in [5.74, 6) is -0.220. The summed E-state index contributed by atoms with van der Waals surface area (Å²) in [5, 5.41) is 5.45. The summed E-state index contributed by atoms with van der Waals surface area (Å²) >= 11 is 0. The maximum absolute atomic E-state index is 12.4. The first kappa shape index (κ1) is 11.2. The molecular formula is C10H10F3N5. The van der Waals surface area contributed by atoms with Gasteiger partial charge in [0.15, 0.2) is 0 Å². The second kappa shape index (κ2) is 3.82. The molecule has 3 heterocycles. The van der Waals surface area contributed by atoms with Crippen LogP contribution in [0.1, 0.15) is 24.5 Å². The lowest BCUT2D eigenvalue weighted by atomic mass is 10.2. The Kier molecular flexibility index (Phi) is 2.39. The molecule has 0 bridgehead atoms. The van der Waals surface area contributed by atoms with E-state index in [0.29, 0.717) is 5.69 Å². The Hall–Kier alpha value is -1.86. The first-order valence-corrected chi connectivity index (χ1v) is 5.60. The van der Waals surface area contributed by atoms with E-state index in [0.717, 1.165) is 31.6 Å². The Morgan fingerprint density at radius 2 is 2.06 bits per heavy atom. The van der Waals surface area contributed by atoms with Crippen molar-refractivity contribution in [2.24, 2.45) is 0 Å². The molecule has 96 valence electrons. The number of nitrogens with zero attached hydrogens (tertiary/aromatic N) is 4. The maximum Gasteiger partial charge on any atom is 0.451 e. The van der Waals surface area contributed by atoms with Crippen molar-refractivity contribution in [3.05, 3.63) is 17.8 Å². The summed E-state index contributed by atoms with van der Waals surface area (Å²) in [6.07, 6.45) is 0.155. The molecule has 0 aliphatic carbocycles. The molecular weight excluding hydrogens is 247 g/mol. The molecule has 0 saturated heterocycles. The van der Waals surface area contributed by atoms with Gasteiger partial charge in [-0.1, -0.05) is 0 Å². The molecule has 0 amide bonds. The van der Waals surface area contributed by atoms with Gasteiger partial charge in [0.05, 0.1) is 0 Å². The van der Waals surface area contributed by atoms with Gasteiger partial charge in [-0.2, -0.15) is 18.3 Å². The van der Waals surface area contributed by atoms with Crippen LogP contribution in [0.25, 0.3) is 11.5 Å². The van der Waals surface area contributed by atoms with E-state index in [9.17, 15) is 13.2 Å². The van der Waals surface area contributed by atoms with Crippen LogP contribution in [-0.2, 0) is 19.1 Å². The molecule has 0 radical (unpaired) electrons. The fourth-order valence-corrected chi connectivity index (χ4v) is 2.02. The molecule has 1 N–H and O–H groups in total. The number of fused-ring (bicyclic) bond motifs is 1. The van der Waals surface area contributed by atoms with Gasteiger partial charge in [-0.3, -0.25) is 5.10 Å². The molecule has 5 nitrogen and oxygen atoms in total. The Bertz CT molecular complexity index is 545. The third kappa shape index (κ3) is 1.87. The Morgan fingerprint density at radius 3 is 2.72 bits per heavy atom.